The summed E-state index contributed by atoms with van der Waals surface area (Å²) in [6.45, 7) is 5.95. The van der Waals surface area contributed by atoms with Crippen molar-refractivity contribution in [2.75, 3.05) is 23.3 Å². The first-order valence-corrected chi connectivity index (χ1v) is 10.6. The van der Waals surface area contributed by atoms with Gasteiger partial charge in [0.1, 0.15) is 0 Å². The smallest absolute Gasteiger partial charge is 0.227 e. The lowest BCUT2D eigenvalue weighted by Gasteiger charge is -2.31. The van der Waals surface area contributed by atoms with Gasteiger partial charge in [0.25, 0.3) is 0 Å². The molecular formula is C25H28N4O. The molecule has 4 rings (SSSR count). The summed E-state index contributed by atoms with van der Waals surface area (Å²) in [5, 5.41) is 11.9. The molecule has 1 amide bonds. The van der Waals surface area contributed by atoms with Crippen molar-refractivity contribution in [3.05, 3.63) is 72.3 Å². The molecule has 0 aliphatic carbocycles. The molecule has 2 heterocycles. The van der Waals surface area contributed by atoms with Gasteiger partial charge in [0.05, 0.1) is 5.69 Å². The summed E-state index contributed by atoms with van der Waals surface area (Å²) in [4.78, 5) is 14.9. The average Bonchev–Trinajstić information content (AvgIpc) is 2.80. The number of benzene rings is 2. The summed E-state index contributed by atoms with van der Waals surface area (Å²) in [7, 11) is 0. The second-order valence-electron chi connectivity index (χ2n) is 8.17. The molecule has 0 saturated carbocycles. The van der Waals surface area contributed by atoms with Crippen molar-refractivity contribution in [2.45, 2.75) is 32.6 Å². The molecule has 1 aliphatic rings. The summed E-state index contributed by atoms with van der Waals surface area (Å²) < 4.78 is 0. The van der Waals surface area contributed by atoms with Crippen LogP contribution >= 0.6 is 0 Å². The van der Waals surface area contributed by atoms with Crippen molar-refractivity contribution in [2.24, 2.45) is 5.92 Å². The van der Waals surface area contributed by atoms with Gasteiger partial charge in [0.2, 0.25) is 5.91 Å². The van der Waals surface area contributed by atoms with Crippen LogP contribution in [0.2, 0.25) is 0 Å². The summed E-state index contributed by atoms with van der Waals surface area (Å²) in [6.07, 6.45) is 1.63. The van der Waals surface area contributed by atoms with Crippen molar-refractivity contribution >= 4 is 17.4 Å². The quantitative estimate of drug-likeness (QED) is 0.646. The van der Waals surface area contributed by atoms with Crippen molar-refractivity contribution in [1.82, 2.24) is 10.2 Å². The molecule has 0 bridgehead atoms. The van der Waals surface area contributed by atoms with Crippen molar-refractivity contribution in [3.8, 4) is 11.3 Å². The highest BCUT2D eigenvalue weighted by molar-refractivity contribution is 5.92. The van der Waals surface area contributed by atoms with Crippen molar-refractivity contribution in [1.29, 1.82) is 0 Å². The van der Waals surface area contributed by atoms with Crippen LogP contribution in [-0.2, 0) is 4.79 Å². The van der Waals surface area contributed by atoms with Gasteiger partial charge in [-0.3, -0.25) is 4.79 Å². The topological polar surface area (TPSA) is 58.1 Å². The number of amides is 1. The number of nitrogens with one attached hydrogen (secondary N) is 1. The predicted molar refractivity (Wildman–Crippen MR) is 122 cm³/mol. The third-order valence-corrected chi connectivity index (χ3v) is 5.75. The molecule has 0 radical (unpaired) electrons. The van der Waals surface area contributed by atoms with E-state index in [0.29, 0.717) is 5.92 Å². The van der Waals surface area contributed by atoms with Gasteiger partial charge in [-0.1, -0.05) is 56.3 Å². The SMILES string of the molecule is CC(C)c1ccc(NC(=O)C2CCN(c3ccc(-c4ccccc4)nn3)CC2)cc1. The average molecular weight is 401 g/mol. The van der Waals surface area contributed by atoms with Crippen LogP contribution in [-0.4, -0.2) is 29.2 Å². The van der Waals surface area contributed by atoms with Gasteiger partial charge in [-0.2, -0.15) is 0 Å². The first kappa shape index (κ1) is 20.1. The van der Waals surface area contributed by atoms with Gasteiger partial charge < -0.3 is 10.2 Å². The molecule has 2 aromatic carbocycles. The number of piperidine rings is 1. The van der Waals surface area contributed by atoms with E-state index in [-0.39, 0.29) is 11.8 Å². The minimum atomic E-state index is 0.0302. The molecule has 1 saturated heterocycles. The lowest BCUT2D eigenvalue weighted by molar-refractivity contribution is -0.120. The summed E-state index contributed by atoms with van der Waals surface area (Å²) >= 11 is 0. The third-order valence-electron chi connectivity index (χ3n) is 5.75. The monoisotopic (exact) mass is 400 g/mol. The van der Waals surface area contributed by atoms with Crippen LogP contribution in [0.25, 0.3) is 11.3 Å². The molecule has 1 fully saturated rings. The Kier molecular flexibility index (Phi) is 6.07. The van der Waals surface area contributed by atoms with Crippen LogP contribution in [0.5, 0.6) is 0 Å². The highest BCUT2D eigenvalue weighted by atomic mass is 16.1. The van der Waals surface area contributed by atoms with E-state index in [4.69, 9.17) is 0 Å². The molecule has 5 nitrogen and oxygen atoms in total. The maximum Gasteiger partial charge on any atom is 0.227 e. The second-order valence-corrected chi connectivity index (χ2v) is 8.17. The molecule has 30 heavy (non-hydrogen) atoms. The lowest BCUT2D eigenvalue weighted by Crippen LogP contribution is -2.38. The van der Waals surface area contributed by atoms with E-state index in [1.165, 1.54) is 5.56 Å². The van der Waals surface area contributed by atoms with E-state index in [0.717, 1.165) is 48.7 Å². The number of hydrogen-bond acceptors (Lipinski definition) is 4. The zero-order valence-electron chi connectivity index (χ0n) is 17.6. The van der Waals surface area contributed by atoms with E-state index in [1.54, 1.807) is 0 Å². The minimum Gasteiger partial charge on any atom is -0.355 e. The predicted octanol–water partition coefficient (Wildman–Crippen LogP) is 5.12. The van der Waals surface area contributed by atoms with Gasteiger partial charge in [0.15, 0.2) is 5.82 Å². The Morgan fingerprint density at radius 3 is 2.23 bits per heavy atom. The van der Waals surface area contributed by atoms with Crippen LogP contribution in [0, 0.1) is 5.92 Å². The number of nitrogens with zero attached hydrogens (tertiary/aromatic N) is 3. The molecule has 1 aromatic heterocycles. The van der Waals surface area contributed by atoms with Gasteiger partial charge in [0, 0.05) is 30.3 Å². The van der Waals surface area contributed by atoms with Gasteiger partial charge in [-0.05, 0) is 48.6 Å². The standard InChI is InChI=1S/C25H28N4O/c1-18(2)19-8-10-22(11-9-19)26-25(30)21-14-16-29(17-15-21)24-13-12-23(27-28-24)20-6-4-3-5-7-20/h3-13,18,21H,14-17H2,1-2H3,(H,26,30). The Balaban J connectivity index is 1.31. The van der Waals surface area contributed by atoms with Gasteiger partial charge in [-0.25, -0.2) is 0 Å². The fraction of sp³-hybridized carbons (Fsp3) is 0.320. The first-order chi connectivity index (χ1) is 14.6. The highest BCUT2D eigenvalue weighted by Gasteiger charge is 2.26. The summed E-state index contributed by atoms with van der Waals surface area (Å²) in [6, 6.07) is 22.2. The normalized spacial score (nSPS) is 14.7. The maximum absolute atomic E-state index is 12.7. The van der Waals surface area contributed by atoms with Gasteiger partial charge in [-0.15, -0.1) is 10.2 Å². The lowest BCUT2D eigenvalue weighted by atomic mass is 9.95. The Labute approximate surface area is 178 Å². The van der Waals surface area contributed by atoms with Crippen LogP contribution in [0.3, 0.4) is 0 Å². The molecule has 0 unspecified atom stereocenters. The maximum atomic E-state index is 12.7. The summed E-state index contributed by atoms with van der Waals surface area (Å²) in [5.41, 5.74) is 4.08. The van der Waals surface area contributed by atoms with E-state index in [2.05, 4.69) is 46.4 Å². The van der Waals surface area contributed by atoms with Crippen LogP contribution in [0.4, 0.5) is 11.5 Å². The van der Waals surface area contributed by atoms with E-state index < -0.39 is 0 Å². The number of rotatable bonds is 5. The Morgan fingerprint density at radius 2 is 1.63 bits per heavy atom. The van der Waals surface area contributed by atoms with Crippen LogP contribution < -0.4 is 10.2 Å². The third kappa shape index (κ3) is 4.67. The molecule has 1 N–H and O–H groups in total. The van der Waals surface area contributed by atoms with Crippen molar-refractivity contribution in [3.63, 3.8) is 0 Å². The molecule has 5 heteroatoms. The Bertz CT molecular complexity index is 960. The molecule has 0 spiro atoms. The Morgan fingerprint density at radius 1 is 0.933 bits per heavy atom. The fourth-order valence-corrected chi connectivity index (χ4v) is 3.82. The minimum absolute atomic E-state index is 0.0302. The largest absolute Gasteiger partial charge is 0.355 e. The molecule has 0 atom stereocenters. The highest BCUT2D eigenvalue weighted by Crippen LogP contribution is 2.25. The molecule has 154 valence electrons. The van der Waals surface area contributed by atoms with Gasteiger partial charge >= 0.3 is 0 Å². The van der Waals surface area contributed by atoms with E-state index in [1.807, 2.05) is 54.6 Å². The molecule has 1 aliphatic heterocycles. The van der Waals surface area contributed by atoms with Crippen LogP contribution in [0.15, 0.2) is 66.7 Å². The van der Waals surface area contributed by atoms with Crippen LogP contribution in [0.1, 0.15) is 38.2 Å². The number of aromatic nitrogens is 2. The molecular weight excluding hydrogens is 372 g/mol. The summed E-state index contributed by atoms with van der Waals surface area (Å²) in [5.74, 6) is 1.50. The van der Waals surface area contributed by atoms with E-state index >= 15 is 0 Å². The van der Waals surface area contributed by atoms with E-state index in [9.17, 15) is 4.79 Å². The fourth-order valence-electron chi connectivity index (χ4n) is 3.82. The molecule has 3 aromatic rings. The number of carbonyl (C=O) groups is 1. The van der Waals surface area contributed by atoms with Crippen molar-refractivity contribution < 1.29 is 4.79 Å². The second kappa shape index (κ2) is 9.08. The first-order valence-electron chi connectivity index (χ1n) is 10.6. The zero-order chi connectivity index (χ0) is 20.9. The number of carbonyl (C=O) groups excluding carboxylic acids is 1. The zero-order valence-corrected chi connectivity index (χ0v) is 17.6. The number of hydrogen-bond donors (Lipinski definition) is 1. The Hall–Kier alpha value is -3.21. The number of anilines is 2.